The summed E-state index contributed by atoms with van der Waals surface area (Å²) in [5.41, 5.74) is 1.52. The van der Waals surface area contributed by atoms with Gasteiger partial charge in [0.1, 0.15) is 28.8 Å². The van der Waals surface area contributed by atoms with Gasteiger partial charge in [-0.1, -0.05) is 18.2 Å². The van der Waals surface area contributed by atoms with Crippen LogP contribution in [0.25, 0.3) is 16.4 Å². The Balaban J connectivity index is 1.66. The van der Waals surface area contributed by atoms with Crippen LogP contribution >= 0.6 is 11.3 Å². The van der Waals surface area contributed by atoms with E-state index in [2.05, 4.69) is 15.4 Å². The van der Waals surface area contributed by atoms with Crippen molar-refractivity contribution in [3.05, 3.63) is 76.8 Å². The molecule has 2 heterocycles. The monoisotopic (exact) mass is 426 g/mol. The summed E-state index contributed by atoms with van der Waals surface area (Å²) in [7, 11) is 1.59. The molecule has 152 valence electrons. The van der Waals surface area contributed by atoms with Gasteiger partial charge in [0.15, 0.2) is 0 Å². The average Bonchev–Trinajstić information content (AvgIpc) is 3.34. The lowest BCUT2D eigenvalue weighted by atomic mass is 10.2. The van der Waals surface area contributed by atoms with E-state index < -0.39 is 23.1 Å². The number of nitrogens with zero attached hydrogens (tertiary/aromatic N) is 3. The van der Waals surface area contributed by atoms with Crippen LogP contribution in [0.1, 0.15) is 16.1 Å². The number of anilines is 1. The Morgan fingerprint density at radius 3 is 2.60 bits per heavy atom. The van der Waals surface area contributed by atoms with Gasteiger partial charge in [-0.2, -0.15) is 9.78 Å². The molecule has 0 spiro atoms. The van der Waals surface area contributed by atoms with Gasteiger partial charge in [0, 0.05) is 17.0 Å². The summed E-state index contributed by atoms with van der Waals surface area (Å²) in [6, 6.07) is 12.3. The van der Waals surface area contributed by atoms with Gasteiger partial charge in [-0.05, 0) is 31.2 Å². The zero-order chi connectivity index (χ0) is 21.3. The number of hydrogen-bond donors (Lipinski definition) is 1. The lowest BCUT2D eigenvalue weighted by Gasteiger charge is -2.08. The fourth-order valence-corrected chi connectivity index (χ4v) is 3.70. The molecule has 1 N–H and O–H groups in total. The highest BCUT2D eigenvalue weighted by Crippen LogP contribution is 2.28. The maximum Gasteiger partial charge on any atom is 0.262 e. The summed E-state index contributed by atoms with van der Waals surface area (Å²) in [6.45, 7) is 1.74. The number of carbonyl (C=O) groups excluding carboxylic acids is 1. The van der Waals surface area contributed by atoms with Crippen LogP contribution in [0.3, 0.4) is 0 Å². The van der Waals surface area contributed by atoms with Crippen LogP contribution in [-0.4, -0.2) is 27.8 Å². The zero-order valence-electron chi connectivity index (χ0n) is 16.0. The standard InChI is InChI=1S/C21H16F2N4O2S/c1-12-9-18(25-20(28)19-15(22)7-4-8-16(19)23)27(26-12)21-24-17(11-30-21)13-5-3-6-14(10-13)29-2/h3-11H,1-2H3,(H,25,28). The van der Waals surface area contributed by atoms with Crippen LogP contribution in [-0.2, 0) is 0 Å². The van der Waals surface area contributed by atoms with Gasteiger partial charge in [0.2, 0.25) is 5.13 Å². The van der Waals surface area contributed by atoms with Crippen LogP contribution in [0.5, 0.6) is 5.75 Å². The Labute approximate surface area is 174 Å². The molecule has 0 radical (unpaired) electrons. The molecule has 0 saturated heterocycles. The highest BCUT2D eigenvalue weighted by Gasteiger charge is 2.20. The van der Waals surface area contributed by atoms with Crippen LogP contribution in [0, 0.1) is 18.6 Å². The maximum absolute atomic E-state index is 13.9. The van der Waals surface area contributed by atoms with Gasteiger partial charge in [0.25, 0.3) is 5.91 Å². The molecule has 6 nitrogen and oxygen atoms in total. The third kappa shape index (κ3) is 3.79. The van der Waals surface area contributed by atoms with Gasteiger partial charge in [-0.25, -0.2) is 13.8 Å². The van der Waals surface area contributed by atoms with Crippen LogP contribution in [0.4, 0.5) is 14.6 Å². The van der Waals surface area contributed by atoms with Crippen molar-refractivity contribution in [1.29, 1.82) is 0 Å². The second-order valence-electron chi connectivity index (χ2n) is 6.38. The molecule has 0 bridgehead atoms. The van der Waals surface area contributed by atoms with E-state index in [-0.39, 0.29) is 5.82 Å². The number of benzene rings is 2. The number of halogens is 2. The lowest BCUT2D eigenvalue weighted by molar-refractivity contribution is 0.101. The summed E-state index contributed by atoms with van der Waals surface area (Å²) in [6.07, 6.45) is 0. The predicted molar refractivity (Wildman–Crippen MR) is 110 cm³/mol. The molecule has 30 heavy (non-hydrogen) atoms. The molecule has 0 saturated carbocycles. The van der Waals surface area contributed by atoms with E-state index in [1.54, 1.807) is 20.1 Å². The number of hydrogen-bond acceptors (Lipinski definition) is 5. The summed E-state index contributed by atoms with van der Waals surface area (Å²) in [5, 5.41) is 9.22. The van der Waals surface area contributed by atoms with Crippen molar-refractivity contribution in [2.75, 3.05) is 12.4 Å². The number of ether oxygens (including phenoxy) is 1. The SMILES string of the molecule is COc1cccc(-c2csc(-n3nc(C)cc3NC(=O)c3c(F)cccc3F)n2)c1. The quantitative estimate of drug-likeness (QED) is 0.496. The third-order valence-electron chi connectivity index (χ3n) is 4.30. The van der Waals surface area contributed by atoms with E-state index in [0.29, 0.717) is 22.3 Å². The van der Waals surface area contributed by atoms with Gasteiger partial charge < -0.3 is 10.1 Å². The molecule has 4 rings (SSSR count). The fourth-order valence-electron chi connectivity index (χ4n) is 2.90. The minimum atomic E-state index is -0.940. The Morgan fingerprint density at radius 1 is 1.13 bits per heavy atom. The molecule has 0 aliphatic rings. The van der Waals surface area contributed by atoms with Gasteiger partial charge >= 0.3 is 0 Å². The van der Waals surface area contributed by atoms with Crippen molar-refractivity contribution in [2.24, 2.45) is 0 Å². The number of aromatic nitrogens is 3. The topological polar surface area (TPSA) is 69.0 Å². The first kappa shape index (κ1) is 19.7. The van der Waals surface area contributed by atoms with E-state index in [1.807, 2.05) is 29.6 Å². The van der Waals surface area contributed by atoms with Crippen molar-refractivity contribution in [3.8, 4) is 22.1 Å². The highest BCUT2D eigenvalue weighted by atomic mass is 32.1. The molecule has 0 unspecified atom stereocenters. The number of nitrogens with one attached hydrogen (secondary N) is 1. The number of rotatable bonds is 5. The summed E-state index contributed by atoms with van der Waals surface area (Å²) in [5.74, 6) is -1.82. The number of carbonyl (C=O) groups is 1. The molecular formula is C21H16F2N4O2S. The first-order chi connectivity index (χ1) is 14.5. The van der Waals surface area contributed by atoms with Gasteiger partial charge in [0.05, 0.1) is 18.5 Å². The van der Waals surface area contributed by atoms with E-state index in [0.717, 1.165) is 17.7 Å². The Morgan fingerprint density at radius 2 is 1.87 bits per heavy atom. The lowest BCUT2D eigenvalue weighted by Crippen LogP contribution is -2.18. The van der Waals surface area contributed by atoms with Crippen molar-refractivity contribution >= 4 is 23.1 Å². The van der Waals surface area contributed by atoms with E-state index in [4.69, 9.17) is 4.74 Å². The van der Waals surface area contributed by atoms with Gasteiger partial charge in [-0.15, -0.1) is 11.3 Å². The molecule has 9 heteroatoms. The largest absolute Gasteiger partial charge is 0.497 e. The summed E-state index contributed by atoms with van der Waals surface area (Å²) >= 11 is 1.32. The minimum Gasteiger partial charge on any atom is -0.497 e. The Hall–Kier alpha value is -3.59. The second-order valence-corrected chi connectivity index (χ2v) is 7.22. The predicted octanol–water partition coefficient (Wildman–Crippen LogP) is 4.84. The first-order valence-corrected chi connectivity index (χ1v) is 9.76. The van der Waals surface area contributed by atoms with Crippen molar-refractivity contribution in [2.45, 2.75) is 6.92 Å². The van der Waals surface area contributed by atoms with Crippen molar-refractivity contribution in [3.63, 3.8) is 0 Å². The number of methoxy groups -OCH3 is 1. The molecule has 0 fully saturated rings. The molecule has 2 aromatic carbocycles. The zero-order valence-corrected chi connectivity index (χ0v) is 16.8. The minimum absolute atomic E-state index is 0.256. The molecule has 1 amide bonds. The van der Waals surface area contributed by atoms with E-state index in [9.17, 15) is 13.6 Å². The number of aryl methyl sites for hydroxylation is 1. The number of amides is 1. The molecule has 4 aromatic rings. The van der Waals surface area contributed by atoms with E-state index in [1.165, 1.54) is 22.1 Å². The smallest absolute Gasteiger partial charge is 0.262 e. The Kier molecular flexibility index (Phi) is 5.28. The van der Waals surface area contributed by atoms with E-state index >= 15 is 0 Å². The van der Waals surface area contributed by atoms with Gasteiger partial charge in [-0.3, -0.25) is 4.79 Å². The second kappa shape index (κ2) is 8.03. The molecular weight excluding hydrogens is 410 g/mol. The third-order valence-corrected chi connectivity index (χ3v) is 5.12. The van der Waals surface area contributed by atoms with Crippen LogP contribution in [0.2, 0.25) is 0 Å². The highest BCUT2D eigenvalue weighted by molar-refractivity contribution is 7.12. The summed E-state index contributed by atoms with van der Waals surface area (Å²) in [4.78, 5) is 17.1. The molecule has 0 aliphatic heterocycles. The van der Waals surface area contributed by atoms with Crippen molar-refractivity contribution < 1.29 is 18.3 Å². The molecule has 2 aromatic heterocycles. The first-order valence-electron chi connectivity index (χ1n) is 8.88. The molecule has 0 atom stereocenters. The number of thiazole rings is 1. The summed E-state index contributed by atoms with van der Waals surface area (Å²) < 4.78 is 34.6. The molecule has 0 aliphatic carbocycles. The van der Waals surface area contributed by atoms with Crippen molar-refractivity contribution in [1.82, 2.24) is 14.8 Å². The average molecular weight is 426 g/mol. The van der Waals surface area contributed by atoms with Crippen LogP contribution in [0.15, 0.2) is 53.9 Å². The Bertz CT molecular complexity index is 1220. The fraction of sp³-hybridized carbons (Fsp3) is 0.0952. The van der Waals surface area contributed by atoms with Crippen LogP contribution < -0.4 is 10.1 Å². The normalized spacial score (nSPS) is 10.8. The maximum atomic E-state index is 13.9.